The monoisotopic (exact) mass is 642 g/mol. The predicted octanol–water partition coefficient (Wildman–Crippen LogP) is 10.6. The summed E-state index contributed by atoms with van der Waals surface area (Å²) < 4.78 is 107. The largest absolute Gasteiger partial charge is 0.461 e. The molecular formula is C35H38F8O2. The molecular weight excluding hydrogens is 604 g/mol. The van der Waals surface area contributed by atoms with E-state index in [0.717, 1.165) is 37.5 Å². The Morgan fingerprint density at radius 3 is 1.31 bits per heavy atom. The summed E-state index contributed by atoms with van der Waals surface area (Å²) in [6.45, 7) is 4.44. The second-order valence-electron chi connectivity index (χ2n) is 11.6. The lowest BCUT2D eigenvalue weighted by Gasteiger charge is -2.24. The molecule has 45 heavy (non-hydrogen) atoms. The minimum Gasteiger partial charge on any atom is -0.428 e. The zero-order valence-corrected chi connectivity index (χ0v) is 25.3. The molecule has 0 radical (unpaired) electrons. The Kier molecular flexibility index (Phi) is 13.4. The average molecular weight is 643 g/mol. The summed E-state index contributed by atoms with van der Waals surface area (Å²) in [5, 5.41) is 0. The van der Waals surface area contributed by atoms with E-state index in [0.29, 0.717) is 23.0 Å². The highest BCUT2D eigenvalue weighted by Crippen LogP contribution is 2.31. The van der Waals surface area contributed by atoms with Crippen molar-refractivity contribution in [1.82, 2.24) is 0 Å². The molecule has 2 nitrogen and oxygen atoms in total. The van der Waals surface area contributed by atoms with Gasteiger partial charge in [0.1, 0.15) is 11.5 Å². The molecule has 0 heterocycles. The normalized spacial score (nSPS) is 21.9. The van der Waals surface area contributed by atoms with Crippen LogP contribution in [0.3, 0.4) is 0 Å². The van der Waals surface area contributed by atoms with Crippen molar-refractivity contribution in [2.45, 2.75) is 96.7 Å². The zero-order chi connectivity index (χ0) is 33.0. The number of rotatable bonds is 7. The molecule has 2 aliphatic rings. The van der Waals surface area contributed by atoms with Crippen molar-refractivity contribution in [2.24, 2.45) is 23.7 Å². The van der Waals surface area contributed by atoms with Gasteiger partial charge in [0.15, 0.2) is 0 Å². The Morgan fingerprint density at radius 2 is 0.978 bits per heavy atom. The Labute approximate surface area is 259 Å². The molecule has 246 valence electrons. The summed E-state index contributed by atoms with van der Waals surface area (Å²) >= 11 is 0. The van der Waals surface area contributed by atoms with Gasteiger partial charge in [-0.2, -0.15) is 35.1 Å². The van der Waals surface area contributed by atoms with Crippen LogP contribution in [-0.2, 0) is 0 Å². The van der Waals surface area contributed by atoms with Crippen LogP contribution in [0.15, 0.2) is 48.5 Å². The van der Waals surface area contributed by atoms with E-state index in [1.54, 1.807) is 0 Å². The van der Waals surface area contributed by atoms with Crippen molar-refractivity contribution < 1.29 is 44.6 Å². The molecule has 0 aromatic heterocycles. The molecule has 0 atom stereocenters. The maximum atomic E-state index is 12.8. The van der Waals surface area contributed by atoms with E-state index in [2.05, 4.69) is 47.0 Å². The fourth-order valence-electron chi connectivity index (χ4n) is 5.11. The van der Waals surface area contributed by atoms with Gasteiger partial charge in [0, 0.05) is 23.0 Å². The Morgan fingerprint density at radius 1 is 0.622 bits per heavy atom. The molecule has 0 amide bonds. The summed E-state index contributed by atoms with van der Waals surface area (Å²) in [6.07, 6.45) is -6.38. The van der Waals surface area contributed by atoms with E-state index in [9.17, 15) is 35.1 Å². The number of alkyl halides is 8. The van der Waals surface area contributed by atoms with Gasteiger partial charge in [-0.1, -0.05) is 44.0 Å². The maximum Gasteiger partial charge on any atom is 0.461 e. The highest BCUT2D eigenvalue weighted by molar-refractivity contribution is 5.39. The van der Waals surface area contributed by atoms with Crippen molar-refractivity contribution in [3.05, 3.63) is 59.7 Å². The second kappa shape index (κ2) is 16.8. The summed E-state index contributed by atoms with van der Waals surface area (Å²) in [4.78, 5) is 0. The minimum absolute atomic E-state index is 0.302. The molecule has 0 N–H and O–H groups in total. The molecule has 0 spiro atoms. The van der Waals surface area contributed by atoms with E-state index in [-0.39, 0.29) is 11.5 Å². The van der Waals surface area contributed by atoms with E-state index in [4.69, 9.17) is 0 Å². The molecule has 0 aliphatic heterocycles. The second-order valence-corrected chi connectivity index (χ2v) is 11.6. The van der Waals surface area contributed by atoms with Gasteiger partial charge in [-0.05, 0) is 112 Å². The first-order chi connectivity index (χ1) is 21.3. The molecule has 0 saturated heterocycles. The number of hydrogen-bond donors (Lipinski definition) is 0. The number of halogens is 8. The fraction of sp³-hybridized carbons (Fsp3) is 0.543. The summed E-state index contributed by atoms with van der Waals surface area (Å²) in [6, 6.07) is 10.9. The number of benzene rings is 2. The topological polar surface area (TPSA) is 18.5 Å². The third-order valence-corrected chi connectivity index (χ3v) is 8.01. The van der Waals surface area contributed by atoms with E-state index in [1.165, 1.54) is 80.6 Å². The van der Waals surface area contributed by atoms with Crippen molar-refractivity contribution in [1.29, 1.82) is 0 Å². The maximum absolute atomic E-state index is 12.8. The molecule has 2 aromatic carbocycles. The van der Waals surface area contributed by atoms with E-state index in [1.807, 2.05) is 0 Å². The Bertz CT molecular complexity index is 1290. The van der Waals surface area contributed by atoms with Gasteiger partial charge in [0.25, 0.3) is 0 Å². The van der Waals surface area contributed by atoms with Crippen LogP contribution in [0.4, 0.5) is 35.1 Å². The van der Waals surface area contributed by atoms with Crippen LogP contribution in [0.5, 0.6) is 11.5 Å². The SMILES string of the molecule is CC[C@H]1CC[C@H](C#Cc2ccc(OC(F)(F)C(F)F)cc2)CC1.C[C@H]1CC[C@H](C#Cc2ccc(OC(F)(F)C(F)F)cc2)CC1. The predicted molar refractivity (Wildman–Crippen MR) is 157 cm³/mol. The van der Waals surface area contributed by atoms with Crippen LogP contribution in [0, 0.1) is 47.4 Å². The van der Waals surface area contributed by atoms with Crippen molar-refractivity contribution in [2.75, 3.05) is 0 Å². The molecule has 0 bridgehead atoms. The summed E-state index contributed by atoms with van der Waals surface area (Å²) in [7, 11) is 0. The molecule has 2 aliphatic carbocycles. The smallest absolute Gasteiger partial charge is 0.428 e. The summed E-state index contributed by atoms with van der Waals surface area (Å²) in [5.74, 6) is 14.1. The van der Waals surface area contributed by atoms with Crippen LogP contribution in [-0.4, -0.2) is 25.1 Å². The Balaban J connectivity index is 0.000000246. The third kappa shape index (κ3) is 12.1. The lowest BCUT2D eigenvalue weighted by molar-refractivity contribution is -0.253. The van der Waals surface area contributed by atoms with Gasteiger partial charge in [0.2, 0.25) is 0 Å². The zero-order valence-electron chi connectivity index (χ0n) is 25.3. The summed E-state index contributed by atoms with van der Waals surface area (Å²) in [5.41, 5.74) is 1.32. The van der Waals surface area contributed by atoms with Crippen LogP contribution >= 0.6 is 0 Å². The van der Waals surface area contributed by atoms with Crippen LogP contribution in [0.25, 0.3) is 0 Å². The lowest BCUT2D eigenvalue weighted by Crippen LogP contribution is -2.33. The first-order valence-corrected chi connectivity index (χ1v) is 15.2. The fourth-order valence-corrected chi connectivity index (χ4v) is 5.11. The van der Waals surface area contributed by atoms with Crippen LogP contribution in [0.1, 0.15) is 82.8 Å². The van der Waals surface area contributed by atoms with Crippen molar-refractivity contribution >= 4 is 0 Å². The first-order valence-electron chi connectivity index (χ1n) is 15.2. The molecule has 0 unspecified atom stereocenters. The van der Waals surface area contributed by atoms with E-state index >= 15 is 0 Å². The molecule has 2 aromatic rings. The van der Waals surface area contributed by atoms with Gasteiger partial charge in [0.05, 0.1) is 0 Å². The number of ether oxygens (including phenoxy) is 2. The lowest BCUT2D eigenvalue weighted by atomic mass is 9.81. The van der Waals surface area contributed by atoms with Crippen LogP contribution < -0.4 is 9.47 Å². The quantitative estimate of drug-likeness (QED) is 0.221. The number of hydrogen-bond acceptors (Lipinski definition) is 2. The van der Waals surface area contributed by atoms with Gasteiger partial charge in [-0.3, -0.25) is 0 Å². The van der Waals surface area contributed by atoms with Gasteiger partial charge in [-0.15, -0.1) is 0 Å². The molecule has 10 heteroatoms. The van der Waals surface area contributed by atoms with Crippen LogP contribution in [0.2, 0.25) is 0 Å². The van der Waals surface area contributed by atoms with Gasteiger partial charge < -0.3 is 9.47 Å². The standard InChI is InChI=1S/C18H20F4O.C17H18F4O/c1-2-13-3-5-14(6-4-13)7-8-15-9-11-16(12-10-15)23-18(21,22)17(19)20;1-12-2-4-13(5-3-12)6-7-14-8-10-15(11-9-14)22-17(20,21)16(18)19/h9-14,17H,2-6H2,1H3;8-13,16H,2-5H2,1H3/t13-,14-;12-,13-. The highest BCUT2D eigenvalue weighted by atomic mass is 19.3. The average Bonchev–Trinajstić information content (AvgIpc) is 3.01. The minimum atomic E-state index is -4.48. The van der Waals surface area contributed by atoms with Gasteiger partial charge in [-0.25, -0.2) is 0 Å². The highest BCUT2D eigenvalue weighted by Gasteiger charge is 2.44. The molecule has 2 fully saturated rings. The van der Waals surface area contributed by atoms with Crippen molar-refractivity contribution in [3.8, 4) is 35.2 Å². The first kappa shape index (κ1) is 36.1. The van der Waals surface area contributed by atoms with E-state index < -0.39 is 25.1 Å². The molecule has 4 rings (SSSR count). The van der Waals surface area contributed by atoms with Gasteiger partial charge >= 0.3 is 25.1 Å². The van der Waals surface area contributed by atoms with Crippen molar-refractivity contribution in [3.63, 3.8) is 0 Å². The third-order valence-electron chi connectivity index (χ3n) is 8.01. The Hall–Kier alpha value is -3.40. The molecule has 2 saturated carbocycles.